The third kappa shape index (κ3) is 6.83. The first kappa shape index (κ1) is 30.8. The highest BCUT2D eigenvalue weighted by molar-refractivity contribution is 5.93. The van der Waals surface area contributed by atoms with Gasteiger partial charge in [0.25, 0.3) is 0 Å². The van der Waals surface area contributed by atoms with Gasteiger partial charge in [-0.2, -0.15) is 18.3 Å². The number of carboxylic acid groups (broad SMARTS) is 1. The van der Waals surface area contributed by atoms with Crippen LogP contribution in [0.1, 0.15) is 35.5 Å². The van der Waals surface area contributed by atoms with E-state index >= 15 is 4.39 Å². The van der Waals surface area contributed by atoms with Crippen molar-refractivity contribution in [3.05, 3.63) is 95.2 Å². The number of aliphatic carboxylic acids is 1. The van der Waals surface area contributed by atoms with Crippen LogP contribution in [0.5, 0.6) is 5.75 Å². The number of alkyl halides is 3. The van der Waals surface area contributed by atoms with Gasteiger partial charge in [-0.1, -0.05) is 19.1 Å². The van der Waals surface area contributed by atoms with Gasteiger partial charge in [-0.15, -0.1) is 0 Å². The summed E-state index contributed by atoms with van der Waals surface area (Å²) in [6, 6.07) is 20.0. The van der Waals surface area contributed by atoms with Crippen molar-refractivity contribution < 1.29 is 32.2 Å². The largest absolute Gasteiger partial charge is 0.497 e. The van der Waals surface area contributed by atoms with E-state index in [9.17, 15) is 13.2 Å². The summed E-state index contributed by atoms with van der Waals surface area (Å²) in [5, 5.41) is 13.4. The van der Waals surface area contributed by atoms with Crippen molar-refractivity contribution in [2.75, 3.05) is 18.6 Å². The molecular weight excluding hydrogens is 568 g/mol. The Balaban J connectivity index is 0.000000541. The molecule has 0 amide bonds. The molecular formula is C30H28F4N6O3. The molecule has 5 rings (SSSR count). The Morgan fingerprint density at radius 2 is 1.70 bits per heavy atom. The number of rotatable bonds is 6. The maximum absolute atomic E-state index is 15.4. The van der Waals surface area contributed by atoms with E-state index in [-0.39, 0.29) is 5.82 Å². The third-order valence-electron chi connectivity index (χ3n) is 6.63. The second-order valence-corrected chi connectivity index (χ2v) is 9.50. The highest BCUT2D eigenvalue weighted by Gasteiger charge is 2.38. The summed E-state index contributed by atoms with van der Waals surface area (Å²) in [5.41, 5.74) is 15.9. The SMILES string of the molecule is CCc1ccc(F)c(C(c2cc3cc(N)ccc3c(N)n2)c2nc(-c3ccc(OC)cc3)nn2C)c1.O=C(O)C(F)(F)F. The van der Waals surface area contributed by atoms with Crippen LogP contribution in [-0.2, 0) is 18.3 Å². The molecule has 0 aliphatic heterocycles. The van der Waals surface area contributed by atoms with Crippen molar-refractivity contribution >= 4 is 28.2 Å². The van der Waals surface area contributed by atoms with Gasteiger partial charge in [0.2, 0.25) is 0 Å². The average Bonchev–Trinajstić information content (AvgIpc) is 3.34. The number of aromatic nitrogens is 4. The molecule has 0 aliphatic carbocycles. The standard InChI is InChI=1S/C28H27FN6O.C2HF3O2/c1-4-16-5-12-23(29)22(13-16)25(24-15-18-14-19(30)8-11-21(18)26(31)32-24)28-33-27(34-35(28)2)17-6-9-20(36-3)10-7-17;3-2(4,5)1(6)7/h5-15,25H,4,30H2,1-3H3,(H2,31,32);(H,6,7). The lowest BCUT2D eigenvalue weighted by atomic mass is 9.91. The van der Waals surface area contributed by atoms with E-state index in [1.165, 1.54) is 6.07 Å². The highest BCUT2D eigenvalue weighted by Crippen LogP contribution is 2.36. The lowest BCUT2D eigenvalue weighted by molar-refractivity contribution is -0.192. The molecule has 1 unspecified atom stereocenters. The summed E-state index contributed by atoms with van der Waals surface area (Å²) >= 11 is 0. The average molecular weight is 597 g/mol. The number of nitrogens with zero attached hydrogens (tertiary/aromatic N) is 4. The Hall–Kier alpha value is -5.20. The molecule has 0 radical (unpaired) electrons. The molecule has 9 nitrogen and oxygen atoms in total. The second-order valence-electron chi connectivity index (χ2n) is 9.50. The molecule has 0 fully saturated rings. The fraction of sp³-hybridized carbons (Fsp3) is 0.200. The van der Waals surface area contributed by atoms with Gasteiger partial charge in [0.1, 0.15) is 23.2 Å². The number of nitrogens with two attached hydrogens (primary N) is 2. The highest BCUT2D eigenvalue weighted by atomic mass is 19.4. The Bertz CT molecular complexity index is 1770. The topological polar surface area (TPSA) is 142 Å². The molecule has 0 bridgehead atoms. The number of halogens is 4. The van der Waals surface area contributed by atoms with Crippen molar-refractivity contribution in [1.29, 1.82) is 0 Å². The fourth-order valence-corrected chi connectivity index (χ4v) is 4.45. The molecule has 1 atom stereocenters. The summed E-state index contributed by atoms with van der Waals surface area (Å²) in [6.07, 6.45) is -4.32. The van der Waals surface area contributed by atoms with Gasteiger partial charge in [-0.05, 0) is 72.0 Å². The molecule has 13 heteroatoms. The van der Waals surface area contributed by atoms with Crippen LogP contribution >= 0.6 is 0 Å². The molecule has 3 aromatic carbocycles. The van der Waals surface area contributed by atoms with Gasteiger partial charge in [-0.25, -0.2) is 19.2 Å². The minimum Gasteiger partial charge on any atom is -0.497 e. The second kappa shape index (κ2) is 12.3. The number of fused-ring (bicyclic) bond motifs is 1. The maximum atomic E-state index is 15.4. The first-order valence-electron chi connectivity index (χ1n) is 12.9. The minimum atomic E-state index is -5.08. The van der Waals surface area contributed by atoms with Crippen molar-refractivity contribution in [3.63, 3.8) is 0 Å². The number of pyridine rings is 1. The number of hydrogen-bond donors (Lipinski definition) is 3. The summed E-state index contributed by atoms with van der Waals surface area (Å²) in [5.74, 6) is -1.60. The lowest BCUT2D eigenvalue weighted by Gasteiger charge is -2.19. The number of benzene rings is 3. The molecule has 2 heterocycles. The number of anilines is 2. The number of hydrogen-bond acceptors (Lipinski definition) is 7. The molecule has 43 heavy (non-hydrogen) atoms. The smallest absolute Gasteiger partial charge is 0.490 e. The van der Waals surface area contributed by atoms with Crippen LogP contribution in [0.25, 0.3) is 22.2 Å². The van der Waals surface area contributed by atoms with Gasteiger partial charge in [-0.3, -0.25) is 4.68 Å². The number of ether oxygens (including phenoxy) is 1. The summed E-state index contributed by atoms with van der Waals surface area (Å²) in [4.78, 5) is 18.4. The van der Waals surface area contributed by atoms with Crippen molar-refractivity contribution in [2.45, 2.75) is 25.4 Å². The Labute approximate surface area is 243 Å². The first-order chi connectivity index (χ1) is 20.3. The molecule has 0 aliphatic rings. The molecule has 5 N–H and O–H groups in total. The number of methoxy groups -OCH3 is 1. The van der Waals surface area contributed by atoms with E-state index in [1.807, 2.05) is 55.5 Å². The van der Waals surface area contributed by atoms with Crippen molar-refractivity contribution in [1.82, 2.24) is 19.7 Å². The van der Waals surface area contributed by atoms with E-state index in [0.717, 1.165) is 34.1 Å². The van der Waals surface area contributed by atoms with Crippen molar-refractivity contribution in [3.8, 4) is 17.1 Å². The van der Waals surface area contributed by atoms with E-state index in [4.69, 9.17) is 36.1 Å². The van der Waals surface area contributed by atoms with Crippen LogP contribution in [0, 0.1) is 5.82 Å². The third-order valence-corrected chi connectivity index (χ3v) is 6.63. The zero-order valence-electron chi connectivity index (χ0n) is 23.4. The Kier molecular flexibility index (Phi) is 8.83. The van der Waals surface area contributed by atoms with Crippen LogP contribution < -0.4 is 16.2 Å². The quantitative estimate of drug-likeness (QED) is 0.167. The number of aryl methyl sites for hydroxylation is 2. The predicted molar refractivity (Wildman–Crippen MR) is 154 cm³/mol. The molecule has 224 valence electrons. The van der Waals surface area contributed by atoms with E-state index in [2.05, 4.69) is 5.10 Å². The number of carboxylic acids is 1. The lowest BCUT2D eigenvalue weighted by Crippen LogP contribution is -2.21. The van der Waals surface area contributed by atoms with Gasteiger partial charge >= 0.3 is 12.1 Å². The van der Waals surface area contributed by atoms with Crippen LogP contribution in [0.4, 0.5) is 29.1 Å². The van der Waals surface area contributed by atoms with Gasteiger partial charge in [0, 0.05) is 29.2 Å². The first-order valence-corrected chi connectivity index (χ1v) is 12.9. The number of nitrogen functional groups attached to an aromatic ring is 2. The Morgan fingerprint density at radius 3 is 2.30 bits per heavy atom. The van der Waals surface area contributed by atoms with E-state index in [0.29, 0.717) is 34.4 Å². The monoisotopic (exact) mass is 596 g/mol. The van der Waals surface area contributed by atoms with Crippen LogP contribution in [0.3, 0.4) is 0 Å². The number of carbonyl (C=O) groups is 1. The fourth-order valence-electron chi connectivity index (χ4n) is 4.45. The summed E-state index contributed by atoms with van der Waals surface area (Å²) in [7, 11) is 3.41. The molecule has 0 saturated heterocycles. The van der Waals surface area contributed by atoms with Crippen LogP contribution in [0.15, 0.2) is 66.7 Å². The molecule has 2 aromatic heterocycles. The van der Waals surface area contributed by atoms with Crippen LogP contribution in [0.2, 0.25) is 0 Å². The normalized spacial score (nSPS) is 12.0. The summed E-state index contributed by atoms with van der Waals surface area (Å²) < 4.78 is 54.1. The van der Waals surface area contributed by atoms with Crippen molar-refractivity contribution in [2.24, 2.45) is 7.05 Å². The van der Waals surface area contributed by atoms with E-state index in [1.54, 1.807) is 31.0 Å². The van der Waals surface area contributed by atoms with Crippen LogP contribution in [-0.4, -0.2) is 44.1 Å². The van der Waals surface area contributed by atoms with Gasteiger partial charge in [0.15, 0.2) is 5.82 Å². The van der Waals surface area contributed by atoms with E-state index < -0.39 is 18.1 Å². The summed E-state index contributed by atoms with van der Waals surface area (Å²) in [6.45, 7) is 2.03. The predicted octanol–water partition coefficient (Wildman–Crippen LogP) is 5.72. The molecule has 5 aromatic rings. The zero-order valence-corrected chi connectivity index (χ0v) is 23.4. The molecule has 0 spiro atoms. The van der Waals surface area contributed by atoms with Gasteiger partial charge in [0.05, 0.1) is 18.7 Å². The minimum absolute atomic E-state index is 0.345. The maximum Gasteiger partial charge on any atom is 0.490 e. The molecule has 0 saturated carbocycles. The zero-order chi connectivity index (χ0) is 31.5. The Morgan fingerprint density at radius 1 is 1.02 bits per heavy atom. The van der Waals surface area contributed by atoms with Gasteiger partial charge < -0.3 is 21.3 Å².